The first-order valence-corrected chi connectivity index (χ1v) is 9.89. The zero-order valence-electron chi connectivity index (χ0n) is 15.7. The largest absolute Gasteiger partial charge is 0.454 e. The molecule has 0 aliphatic heterocycles. The monoisotopic (exact) mass is 399 g/mol. The molecule has 9 nitrogen and oxygen atoms in total. The molecule has 0 fully saturated rings. The minimum Gasteiger partial charge on any atom is -0.454 e. The number of amides is 2. The second kappa shape index (κ2) is 10.0. The van der Waals surface area contributed by atoms with Crippen LogP contribution in [0.2, 0.25) is 0 Å². The van der Waals surface area contributed by atoms with E-state index in [4.69, 9.17) is 4.74 Å². The van der Waals surface area contributed by atoms with E-state index in [2.05, 4.69) is 15.4 Å². The molecule has 3 N–H and O–H groups in total. The predicted molar refractivity (Wildman–Crippen MR) is 99.4 cm³/mol. The van der Waals surface area contributed by atoms with E-state index < -0.39 is 34.5 Å². The molecule has 0 radical (unpaired) electrons. The van der Waals surface area contributed by atoms with Crippen LogP contribution >= 0.6 is 0 Å². The number of esters is 1. The summed E-state index contributed by atoms with van der Waals surface area (Å²) in [5, 5.41) is 5.15. The molecular formula is C17H25N3O6S. The van der Waals surface area contributed by atoms with Gasteiger partial charge in [-0.3, -0.25) is 14.4 Å². The Morgan fingerprint density at radius 2 is 1.70 bits per heavy atom. The quantitative estimate of drug-likeness (QED) is 0.526. The molecule has 2 atom stereocenters. The van der Waals surface area contributed by atoms with E-state index in [0.29, 0.717) is 5.69 Å². The SMILES string of the molecule is CC[C@H](C)NC(=O)COC(=O)[C@H](C)NS(=O)(=O)c1ccc(NC(C)=O)cc1. The second-order valence-corrected chi connectivity index (χ2v) is 7.75. The van der Waals surface area contributed by atoms with Crippen LogP contribution in [0, 0.1) is 0 Å². The zero-order chi connectivity index (χ0) is 20.6. The van der Waals surface area contributed by atoms with Gasteiger partial charge in [0.2, 0.25) is 15.9 Å². The van der Waals surface area contributed by atoms with E-state index in [1.54, 1.807) is 0 Å². The van der Waals surface area contributed by atoms with Crippen LogP contribution in [0.4, 0.5) is 5.69 Å². The van der Waals surface area contributed by atoms with Gasteiger partial charge in [0.25, 0.3) is 5.91 Å². The van der Waals surface area contributed by atoms with Crippen LogP contribution in [0.15, 0.2) is 29.2 Å². The van der Waals surface area contributed by atoms with Crippen molar-refractivity contribution in [3.8, 4) is 0 Å². The van der Waals surface area contributed by atoms with E-state index in [9.17, 15) is 22.8 Å². The topological polar surface area (TPSA) is 131 Å². The molecule has 2 amide bonds. The van der Waals surface area contributed by atoms with Gasteiger partial charge in [0.15, 0.2) is 6.61 Å². The Morgan fingerprint density at radius 3 is 2.22 bits per heavy atom. The van der Waals surface area contributed by atoms with Gasteiger partial charge in [-0.05, 0) is 44.5 Å². The smallest absolute Gasteiger partial charge is 0.324 e. The number of ether oxygens (including phenoxy) is 1. The molecule has 27 heavy (non-hydrogen) atoms. The van der Waals surface area contributed by atoms with Crippen LogP contribution in [-0.2, 0) is 29.1 Å². The molecular weight excluding hydrogens is 374 g/mol. The molecule has 0 aromatic heterocycles. The van der Waals surface area contributed by atoms with Gasteiger partial charge in [-0.1, -0.05) is 6.92 Å². The third-order valence-electron chi connectivity index (χ3n) is 3.54. The van der Waals surface area contributed by atoms with Gasteiger partial charge in [-0.25, -0.2) is 8.42 Å². The van der Waals surface area contributed by atoms with Gasteiger partial charge < -0.3 is 15.4 Å². The van der Waals surface area contributed by atoms with Gasteiger partial charge in [0, 0.05) is 18.7 Å². The summed E-state index contributed by atoms with van der Waals surface area (Å²) < 4.78 is 31.7. The lowest BCUT2D eigenvalue weighted by Crippen LogP contribution is -2.41. The Kier molecular flexibility index (Phi) is 8.38. The fourth-order valence-electron chi connectivity index (χ4n) is 1.95. The predicted octanol–water partition coefficient (Wildman–Crippen LogP) is 0.770. The fraction of sp³-hybridized carbons (Fsp3) is 0.471. The van der Waals surface area contributed by atoms with Crippen LogP contribution in [-0.4, -0.2) is 44.9 Å². The van der Waals surface area contributed by atoms with Crippen molar-refractivity contribution < 1.29 is 27.5 Å². The highest BCUT2D eigenvalue weighted by atomic mass is 32.2. The summed E-state index contributed by atoms with van der Waals surface area (Å²) in [6.07, 6.45) is 0.733. The van der Waals surface area contributed by atoms with E-state index in [1.165, 1.54) is 38.1 Å². The van der Waals surface area contributed by atoms with Crippen molar-refractivity contribution in [1.29, 1.82) is 0 Å². The molecule has 1 rings (SSSR count). The highest BCUT2D eigenvalue weighted by molar-refractivity contribution is 7.89. The molecule has 0 unspecified atom stereocenters. The Morgan fingerprint density at radius 1 is 1.11 bits per heavy atom. The Labute approximate surface area is 158 Å². The molecule has 0 saturated carbocycles. The summed E-state index contributed by atoms with van der Waals surface area (Å²) in [5.41, 5.74) is 0.446. The summed E-state index contributed by atoms with van der Waals surface area (Å²) >= 11 is 0. The van der Waals surface area contributed by atoms with Crippen molar-refractivity contribution in [3.05, 3.63) is 24.3 Å². The number of rotatable bonds is 9. The third kappa shape index (κ3) is 7.75. The lowest BCUT2D eigenvalue weighted by molar-refractivity contribution is -0.149. The van der Waals surface area contributed by atoms with Crippen molar-refractivity contribution in [2.24, 2.45) is 0 Å². The number of nitrogens with one attached hydrogen (secondary N) is 3. The fourth-order valence-corrected chi connectivity index (χ4v) is 3.14. The van der Waals surface area contributed by atoms with Crippen LogP contribution in [0.1, 0.15) is 34.1 Å². The van der Waals surface area contributed by atoms with Crippen molar-refractivity contribution in [1.82, 2.24) is 10.0 Å². The van der Waals surface area contributed by atoms with E-state index in [0.717, 1.165) is 6.42 Å². The van der Waals surface area contributed by atoms with Gasteiger partial charge in [0.05, 0.1) is 4.90 Å². The molecule has 1 aromatic rings. The van der Waals surface area contributed by atoms with E-state index in [1.807, 2.05) is 13.8 Å². The third-order valence-corrected chi connectivity index (χ3v) is 5.09. The first-order valence-electron chi connectivity index (χ1n) is 8.41. The van der Waals surface area contributed by atoms with Crippen LogP contribution in [0.25, 0.3) is 0 Å². The minimum absolute atomic E-state index is 0.0485. The zero-order valence-corrected chi connectivity index (χ0v) is 16.6. The molecule has 150 valence electrons. The van der Waals surface area contributed by atoms with Gasteiger partial charge in [0.1, 0.15) is 6.04 Å². The average Bonchev–Trinajstić information content (AvgIpc) is 2.59. The minimum atomic E-state index is -3.98. The number of benzene rings is 1. The summed E-state index contributed by atoms with van der Waals surface area (Å²) in [6, 6.07) is 4.22. The molecule has 0 saturated heterocycles. The number of sulfonamides is 1. The average molecular weight is 399 g/mol. The van der Waals surface area contributed by atoms with Gasteiger partial charge in [-0.15, -0.1) is 0 Å². The molecule has 0 heterocycles. The summed E-state index contributed by atoms with van der Waals surface area (Å²) in [6.45, 7) is 5.88. The van der Waals surface area contributed by atoms with Crippen molar-refractivity contribution in [3.63, 3.8) is 0 Å². The Balaban J connectivity index is 2.63. The van der Waals surface area contributed by atoms with Gasteiger partial charge >= 0.3 is 5.97 Å². The first kappa shape index (κ1) is 22.6. The number of carbonyl (C=O) groups excluding carboxylic acids is 3. The lowest BCUT2D eigenvalue weighted by Gasteiger charge is -2.15. The van der Waals surface area contributed by atoms with E-state index >= 15 is 0 Å². The maximum atomic E-state index is 12.3. The normalized spacial score (nSPS) is 13.3. The number of hydrogen-bond acceptors (Lipinski definition) is 6. The van der Waals surface area contributed by atoms with Gasteiger partial charge in [-0.2, -0.15) is 4.72 Å². The van der Waals surface area contributed by atoms with Crippen molar-refractivity contribution in [2.45, 2.75) is 51.1 Å². The summed E-state index contributed by atoms with van der Waals surface area (Å²) in [5.74, 6) is -1.61. The first-order chi connectivity index (χ1) is 12.5. The second-order valence-electron chi connectivity index (χ2n) is 6.03. The lowest BCUT2D eigenvalue weighted by atomic mass is 10.2. The molecule has 0 bridgehead atoms. The van der Waals surface area contributed by atoms with E-state index in [-0.39, 0.29) is 16.8 Å². The number of carbonyl (C=O) groups is 3. The molecule has 1 aromatic carbocycles. The number of hydrogen-bond donors (Lipinski definition) is 3. The molecule has 10 heteroatoms. The van der Waals surface area contributed by atoms with Crippen molar-refractivity contribution in [2.75, 3.05) is 11.9 Å². The maximum absolute atomic E-state index is 12.3. The highest BCUT2D eigenvalue weighted by Gasteiger charge is 2.23. The van der Waals surface area contributed by atoms with Crippen LogP contribution < -0.4 is 15.4 Å². The highest BCUT2D eigenvalue weighted by Crippen LogP contribution is 2.14. The molecule has 0 aliphatic rings. The standard InChI is InChI=1S/C17H25N3O6S/c1-5-11(2)18-16(22)10-26-17(23)12(3)20-27(24,25)15-8-6-14(7-9-15)19-13(4)21/h6-9,11-12,20H,5,10H2,1-4H3,(H,18,22)(H,19,21)/t11-,12-/m0/s1. The van der Waals surface area contributed by atoms with Crippen molar-refractivity contribution >= 4 is 33.5 Å². The number of anilines is 1. The summed E-state index contributed by atoms with van der Waals surface area (Å²) in [7, 11) is -3.98. The van der Waals surface area contributed by atoms with Crippen LogP contribution in [0.3, 0.4) is 0 Å². The maximum Gasteiger partial charge on any atom is 0.324 e. The molecule has 0 aliphatic carbocycles. The Bertz CT molecular complexity index is 776. The summed E-state index contributed by atoms with van der Waals surface area (Å²) in [4.78, 5) is 34.4. The molecule has 0 spiro atoms. The Hall–Kier alpha value is -2.46. The van der Waals surface area contributed by atoms with Crippen LogP contribution in [0.5, 0.6) is 0 Å².